The normalized spacial score (nSPS) is 12.6. The number of benzene rings is 1. The summed E-state index contributed by atoms with van der Waals surface area (Å²) in [6, 6.07) is 9.46. The smallest absolute Gasteiger partial charge is 0.242 e. The van der Waals surface area contributed by atoms with Crippen LogP contribution in [0.25, 0.3) is 0 Å². The Labute approximate surface area is 175 Å². The number of sulfonamides is 1. The van der Waals surface area contributed by atoms with Crippen LogP contribution in [0.2, 0.25) is 5.02 Å². The van der Waals surface area contributed by atoms with Crippen LogP contribution < -0.4 is 5.32 Å². The monoisotopic (exact) mass is 441 g/mol. The molecule has 0 spiro atoms. The minimum Gasteiger partial charge on any atom is -0.467 e. The summed E-state index contributed by atoms with van der Waals surface area (Å²) < 4.78 is 29.5. The Morgan fingerprint density at radius 1 is 1.21 bits per heavy atom. The quantitative estimate of drug-likeness (QED) is 0.640. The van der Waals surface area contributed by atoms with Crippen LogP contribution in [-0.4, -0.2) is 55.3 Å². The molecule has 0 aliphatic rings. The highest BCUT2D eigenvalue weighted by Crippen LogP contribution is 2.14. The van der Waals surface area contributed by atoms with E-state index in [9.17, 15) is 18.0 Å². The fourth-order valence-electron chi connectivity index (χ4n) is 2.50. The zero-order chi connectivity index (χ0) is 21.6. The molecule has 0 aliphatic carbocycles. The Morgan fingerprint density at radius 3 is 2.41 bits per heavy atom. The van der Waals surface area contributed by atoms with Crippen molar-refractivity contribution < 1.29 is 22.4 Å². The summed E-state index contributed by atoms with van der Waals surface area (Å²) in [5.41, 5.74) is 0.760. The summed E-state index contributed by atoms with van der Waals surface area (Å²) in [5.74, 6) is -0.294. The molecule has 0 saturated heterocycles. The van der Waals surface area contributed by atoms with Crippen molar-refractivity contribution in [2.24, 2.45) is 0 Å². The van der Waals surface area contributed by atoms with Crippen molar-refractivity contribution in [3.63, 3.8) is 0 Å². The standard InChI is InChI=1S/C19H24ClN3O5S/c1-14(19(25)21-11-17-5-4-10-28-17)23(12-15-6-8-16(20)9-7-15)18(24)13-22(2)29(3,26)27/h4-10,14H,11-13H2,1-3H3,(H,21,25). The molecule has 0 bridgehead atoms. The summed E-state index contributed by atoms with van der Waals surface area (Å²) in [5, 5.41) is 3.27. The lowest BCUT2D eigenvalue weighted by atomic mass is 10.1. The third-order valence-electron chi connectivity index (χ3n) is 4.37. The molecule has 0 radical (unpaired) electrons. The summed E-state index contributed by atoms with van der Waals surface area (Å²) in [4.78, 5) is 26.8. The number of nitrogens with zero attached hydrogens (tertiary/aromatic N) is 2. The maximum atomic E-state index is 12.8. The van der Waals surface area contributed by atoms with Crippen molar-refractivity contribution in [2.75, 3.05) is 19.8 Å². The van der Waals surface area contributed by atoms with Gasteiger partial charge in [-0.15, -0.1) is 0 Å². The first kappa shape index (κ1) is 22.9. The van der Waals surface area contributed by atoms with Crippen LogP contribution in [0.3, 0.4) is 0 Å². The van der Waals surface area contributed by atoms with Crippen molar-refractivity contribution in [1.29, 1.82) is 0 Å². The van der Waals surface area contributed by atoms with E-state index in [2.05, 4.69) is 5.32 Å². The van der Waals surface area contributed by atoms with Gasteiger partial charge in [-0.25, -0.2) is 8.42 Å². The third kappa shape index (κ3) is 6.88. The molecule has 1 atom stereocenters. The molecule has 0 aliphatic heterocycles. The maximum absolute atomic E-state index is 12.8. The predicted molar refractivity (Wildman–Crippen MR) is 109 cm³/mol. The Balaban J connectivity index is 2.16. The largest absolute Gasteiger partial charge is 0.467 e. The molecule has 10 heteroatoms. The van der Waals surface area contributed by atoms with E-state index in [0.717, 1.165) is 16.1 Å². The van der Waals surface area contributed by atoms with Gasteiger partial charge in [0, 0.05) is 18.6 Å². The molecule has 158 valence electrons. The average Bonchev–Trinajstić information content (AvgIpc) is 3.17. The van der Waals surface area contributed by atoms with E-state index in [0.29, 0.717) is 10.8 Å². The van der Waals surface area contributed by atoms with E-state index < -0.39 is 22.0 Å². The van der Waals surface area contributed by atoms with Crippen LogP contribution in [-0.2, 0) is 32.7 Å². The first-order chi connectivity index (χ1) is 13.6. The molecule has 8 nitrogen and oxygen atoms in total. The molecule has 2 rings (SSSR count). The lowest BCUT2D eigenvalue weighted by Crippen LogP contribution is -2.50. The number of furan rings is 1. The fraction of sp³-hybridized carbons (Fsp3) is 0.368. The van der Waals surface area contributed by atoms with Gasteiger partial charge in [0.2, 0.25) is 21.8 Å². The summed E-state index contributed by atoms with van der Waals surface area (Å²) in [6.45, 7) is 1.53. The minimum atomic E-state index is -3.54. The van der Waals surface area contributed by atoms with Gasteiger partial charge < -0.3 is 14.6 Å². The fourth-order valence-corrected chi connectivity index (χ4v) is 2.97. The molecule has 0 saturated carbocycles. The molecule has 1 heterocycles. The highest BCUT2D eigenvalue weighted by molar-refractivity contribution is 7.88. The number of nitrogens with one attached hydrogen (secondary N) is 1. The highest BCUT2D eigenvalue weighted by Gasteiger charge is 2.28. The van der Waals surface area contributed by atoms with E-state index >= 15 is 0 Å². The second kappa shape index (κ2) is 9.91. The molecule has 29 heavy (non-hydrogen) atoms. The Morgan fingerprint density at radius 2 is 1.86 bits per heavy atom. The summed E-state index contributed by atoms with van der Waals surface area (Å²) in [6.07, 6.45) is 2.52. The average molecular weight is 442 g/mol. The van der Waals surface area contributed by atoms with Crippen LogP contribution in [0.15, 0.2) is 47.1 Å². The van der Waals surface area contributed by atoms with Gasteiger partial charge in [-0.2, -0.15) is 4.31 Å². The lowest BCUT2D eigenvalue weighted by Gasteiger charge is -2.30. The molecule has 0 fully saturated rings. The number of halogens is 1. The molecule has 1 aromatic carbocycles. The Bertz CT molecular complexity index is 929. The number of hydrogen-bond acceptors (Lipinski definition) is 5. The van der Waals surface area contributed by atoms with Crippen molar-refractivity contribution in [3.05, 3.63) is 59.0 Å². The number of likely N-dealkylation sites (N-methyl/N-ethyl adjacent to an activating group) is 1. The first-order valence-corrected chi connectivity index (χ1v) is 11.1. The van der Waals surface area contributed by atoms with Crippen molar-refractivity contribution >= 4 is 33.4 Å². The molecular weight excluding hydrogens is 418 g/mol. The van der Waals surface area contributed by atoms with Gasteiger partial charge >= 0.3 is 0 Å². The van der Waals surface area contributed by atoms with Crippen molar-refractivity contribution in [1.82, 2.24) is 14.5 Å². The zero-order valence-corrected chi connectivity index (χ0v) is 18.0. The first-order valence-electron chi connectivity index (χ1n) is 8.83. The van der Waals surface area contributed by atoms with Gasteiger partial charge in [-0.3, -0.25) is 9.59 Å². The van der Waals surface area contributed by atoms with E-state index in [1.807, 2.05) is 0 Å². The predicted octanol–water partition coefficient (Wildman–Crippen LogP) is 1.86. The molecule has 1 N–H and O–H groups in total. The highest BCUT2D eigenvalue weighted by atomic mass is 35.5. The minimum absolute atomic E-state index is 0.128. The van der Waals surface area contributed by atoms with Crippen LogP contribution in [0.1, 0.15) is 18.2 Å². The third-order valence-corrected chi connectivity index (χ3v) is 5.89. The van der Waals surface area contributed by atoms with Crippen LogP contribution in [0, 0.1) is 0 Å². The van der Waals surface area contributed by atoms with Crippen LogP contribution >= 0.6 is 11.6 Å². The second-order valence-corrected chi connectivity index (χ2v) is 9.17. The zero-order valence-electron chi connectivity index (χ0n) is 16.5. The Hall–Kier alpha value is -2.36. The van der Waals surface area contributed by atoms with Gasteiger partial charge in [0.05, 0.1) is 25.6 Å². The van der Waals surface area contributed by atoms with E-state index in [1.54, 1.807) is 43.3 Å². The van der Waals surface area contributed by atoms with Crippen LogP contribution in [0.4, 0.5) is 0 Å². The van der Waals surface area contributed by atoms with Gasteiger partial charge in [0.1, 0.15) is 11.8 Å². The van der Waals surface area contributed by atoms with Gasteiger partial charge in [-0.05, 0) is 36.8 Å². The van der Waals surface area contributed by atoms with Gasteiger partial charge in [0.25, 0.3) is 0 Å². The van der Waals surface area contributed by atoms with E-state index in [-0.39, 0.29) is 25.5 Å². The number of carbonyl (C=O) groups is 2. The van der Waals surface area contributed by atoms with E-state index in [1.165, 1.54) is 18.2 Å². The van der Waals surface area contributed by atoms with Crippen LogP contribution in [0.5, 0.6) is 0 Å². The number of carbonyl (C=O) groups excluding carboxylic acids is 2. The number of amides is 2. The molecule has 1 unspecified atom stereocenters. The summed E-state index contributed by atoms with van der Waals surface area (Å²) in [7, 11) is -2.23. The molecule has 2 aromatic rings. The molecular formula is C19H24ClN3O5S. The second-order valence-electron chi connectivity index (χ2n) is 6.64. The Kier molecular flexibility index (Phi) is 7.83. The SMILES string of the molecule is CC(C(=O)NCc1ccco1)N(Cc1ccc(Cl)cc1)C(=O)CN(C)S(C)(=O)=O. The van der Waals surface area contributed by atoms with Crippen molar-refractivity contribution in [3.8, 4) is 0 Å². The topological polar surface area (TPSA) is 99.9 Å². The molecule has 2 amide bonds. The summed E-state index contributed by atoms with van der Waals surface area (Å²) >= 11 is 5.91. The van der Waals surface area contributed by atoms with Gasteiger partial charge in [0.15, 0.2) is 0 Å². The van der Waals surface area contributed by atoms with Crippen molar-refractivity contribution in [2.45, 2.75) is 26.1 Å². The van der Waals surface area contributed by atoms with Gasteiger partial charge in [-0.1, -0.05) is 23.7 Å². The lowest BCUT2D eigenvalue weighted by molar-refractivity contribution is -0.140. The maximum Gasteiger partial charge on any atom is 0.242 e. The van der Waals surface area contributed by atoms with E-state index in [4.69, 9.17) is 16.0 Å². The number of rotatable bonds is 9. The number of hydrogen-bond donors (Lipinski definition) is 1. The molecule has 1 aromatic heterocycles.